The maximum absolute atomic E-state index is 11.1. The van der Waals surface area contributed by atoms with E-state index in [4.69, 9.17) is 11.5 Å². The van der Waals surface area contributed by atoms with Crippen molar-refractivity contribution in [2.45, 2.75) is 32.2 Å². The second-order valence-electron chi connectivity index (χ2n) is 5.33. The predicted octanol–water partition coefficient (Wildman–Crippen LogP) is 1.05. The molecule has 2 rings (SSSR count). The number of nitrogen functional groups attached to an aromatic ring is 1. The molecule has 0 aromatic carbocycles. The van der Waals surface area contributed by atoms with Crippen LogP contribution < -0.4 is 16.8 Å². The van der Waals surface area contributed by atoms with Gasteiger partial charge in [0, 0.05) is 12.6 Å². The SMILES string of the molecule is CC(CNc1nc(C(N)=O)ccc1N)N1CCCCC1. The molecule has 1 atom stereocenters. The van der Waals surface area contributed by atoms with E-state index in [0.717, 1.165) is 19.6 Å². The quantitative estimate of drug-likeness (QED) is 0.747. The molecule has 0 aliphatic carbocycles. The van der Waals surface area contributed by atoms with Crippen LogP contribution in [0.25, 0.3) is 0 Å². The van der Waals surface area contributed by atoms with E-state index in [9.17, 15) is 4.79 Å². The van der Waals surface area contributed by atoms with Crippen LogP contribution in [0, 0.1) is 0 Å². The number of nitrogens with one attached hydrogen (secondary N) is 1. The monoisotopic (exact) mass is 277 g/mol. The van der Waals surface area contributed by atoms with E-state index < -0.39 is 5.91 Å². The van der Waals surface area contributed by atoms with Gasteiger partial charge < -0.3 is 16.8 Å². The standard InChI is InChI=1S/C14H23N5O/c1-10(19-7-3-2-4-8-19)9-17-14-11(15)5-6-12(18-14)13(16)20/h5-6,10H,2-4,7-9,15H2,1H3,(H2,16,20)(H,17,18). The highest BCUT2D eigenvalue weighted by molar-refractivity contribution is 5.91. The normalized spacial score (nSPS) is 17.6. The van der Waals surface area contributed by atoms with Gasteiger partial charge in [0.25, 0.3) is 5.91 Å². The number of pyridine rings is 1. The maximum atomic E-state index is 11.1. The Morgan fingerprint density at radius 3 is 2.75 bits per heavy atom. The van der Waals surface area contributed by atoms with Gasteiger partial charge in [0.1, 0.15) is 11.5 Å². The molecule has 1 fully saturated rings. The van der Waals surface area contributed by atoms with Crippen molar-refractivity contribution in [1.82, 2.24) is 9.88 Å². The number of hydrogen-bond acceptors (Lipinski definition) is 5. The van der Waals surface area contributed by atoms with Crippen molar-refractivity contribution < 1.29 is 4.79 Å². The van der Waals surface area contributed by atoms with Crippen LogP contribution in [0.1, 0.15) is 36.7 Å². The molecule has 1 saturated heterocycles. The molecule has 1 aromatic rings. The van der Waals surface area contributed by atoms with Crippen LogP contribution in [-0.2, 0) is 0 Å². The lowest BCUT2D eigenvalue weighted by atomic mass is 10.1. The van der Waals surface area contributed by atoms with Gasteiger partial charge in [-0.2, -0.15) is 0 Å². The van der Waals surface area contributed by atoms with E-state index in [0.29, 0.717) is 17.5 Å². The number of carbonyl (C=O) groups excluding carboxylic acids is 1. The number of hydrogen-bond donors (Lipinski definition) is 3. The van der Waals surface area contributed by atoms with E-state index in [1.165, 1.54) is 25.3 Å². The average Bonchev–Trinajstić information content (AvgIpc) is 2.46. The van der Waals surface area contributed by atoms with Crippen molar-refractivity contribution in [3.8, 4) is 0 Å². The van der Waals surface area contributed by atoms with E-state index >= 15 is 0 Å². The van der Waals surface area contributed by atoms with Crippen LogP contribution in [0.5, 0.6) is 0 Å². The Morgan fingerprint density at radius 2 is 2.10 bits per heavy atom. The second-order valence-corrected chi connectivity index (χ2v) is 5.33. The van der Waals surface area contributed by atoms with Crippen molar-refractivity contribution >= 4 is 17.4 Å². The lowest BCUT2D eigenvalue weighted by Crippen LogP contribution is -2.41. The minimum atomic E-state index is -0.544. The number of anilines is 2. The Hall–Kier alpha value is -1.82. The molecule has 0 saturated carbocycles. The minimum Gasteiger partial charge on any atom is -0.396 e. The van der Waals surface area contributed by atoms with Gasteiger partial charge in [-0.05, 0) is 45.0 Å². The third-order valence-electron chi connectivity index (χ3n) is 3.76. The summed E-state index contributed by atoms with van der Waals surface area (Å²) in [4.78, 5) is 17.8. The first kappa shape index (κ1) is 14.6. The second kappa shape index (κ2) is 6.56. The lowest BCUT2D eigenvalue weighted by Gasteiger charge is -2.32. The Kier molecular flexibility index (Phi) is 4.79. The molecule has 0 bridgehead atoms. The number of likely N-dealkylation sites (tertiary alicyclic amines) is 1. The highest BCUT2D eigenvalue weighted by atomic mass is 16.1. The van der Waals surface area contributed by atoms with Crippen molar-refractivity contribution in [2.24, 2.45) is 5.73 Å². The molecule has 110 valence electrons. The topological polar surface area (TPSA) is 97.3 Å². The van der Waals surface area contributed by atoms with Gasteiger partial charge in [-0.1, -0.05) is 6.42 Å². The van der Waals surface area contributed by atoms with Gasteiger partial charge >= 0.3 is 0 Å². The fraction of sp³-hybridized carbons (Fsp3) is 0.571. The first-order valence-electron chi connectivity index (χ1n) is 7.12. The van der Waals surface area contributed by atoms with Gasteiger partial charge in [-0.3, -0.25) is 9.69 Å². The number of nitrogens with two attached hydrogens (primary N) is 2. The summed E-state index contributed by atoms with van der Waals surface area (Å²) in [7, 11) is 0. The Bertz CT molecular complexity index is 471. The molecule has 1 unspecified atom stereocenters. The summed E-state index contributed by atoms with van der Waals surface area (Å²) in [6, 6.07) is 3.60. The number of amides is 1. The maximum Gasteiger partial charge on any atom is 0.267 e. The zero-order valence-electron chi connectivity index (χ0n) is 11.9. The molecule has 0 spiro atoms. The van der Waals surface area contributed by atoms with Crippen LogP contribution in [-0.4, -0.2) is 41.5 Å². The van der Waals surface area contributed by atoms with Gasteiger partial charge in [-0.25, -0.2) is 4.98 Å². The van der Waals surface area contributed by atoms with Gasteiger partial charge in [0.05, 0.1) is 5.69 Å². The summed E-state index contributed by atoms with van der Waals surface area (Å²) < 4.78 is 0. The lowest BCUT2D eigenvalue weighted by molar-refractivity contribution is 0.0996. The highest BCUT2D eigenvalue weighted by Gasteiger charge is 2.17. The molecule has 6 nitrogen and oxygen atoms in total. The van der Waals surface area contributed by atoms with Gasteiger partial charge in [0.2, 0.25) is 0 Å². The summed E-state index contributed by atoms with van der Waals surface area (Å²) in [5.41, 5.74) is 11.8. The van der Waals surface area contributed by atoms with E-state index in [1.54, 1.807) is 6.07 Å². The first-order valence-corrected chi connectivity index (χ1v) is 7.12. The number of piperidine rings is 1. The Morgan fingerprint density at radius 1 is 1.40 bits per heavy atom. The van der Waals surface area contributed by atoms with E-state index in [-0.39, 0.29) is 5.69 Å². The molecule has 2 heterocycles. The number of nitrogens with zero attached hydrogens (tertiary/aromatic N) is 2. The smallest absolute Gasteiger partial charge is 0.267 e. The van der Waals surface area contributed by atoms with Crippen LogP contribution in [0.2, 0.25) is 0 Å². The number of aromatic nitrogens is 1. The number of carbonyl (C=O) groups is 1. The van der Waals surface area contributed by atoms with Crippen molar-refractivity contribution in [1.29, 1.82) is 0 Å². The molecule has 6 heteroatoms. The van der Waals surface area contributed by atoms with Crippen molar-refractivity contribution in [3.63, 3.8) is 0 Å². The van der Waals surface area contributed by atoms with Crippen LogP contribution in [0.3, 0.4) is 0 Å². The molecule has 0 radical (unpaired) electrons. The molecule has 1 aromatic heterocycles. The molecular weight excluding hydrogens is 254 g/mol. The average molecular weight is 277 g/mol. The Labute approximate surface area is 119 Å². The molecular formula is C14H23N5O. The van der Waals surface area contributed by atoms with Crippen molar-refractivity contribution in [3.05, 3.63) is 17.8 Å². The van der Waals surface area contributed by atoms with Crippen LogP contribution in [0.4, 0.5) is 11.5 Å². The summed E-state index contributed by atoms with van der Waals surface area (Å²) in [5, 5.41) is 3.22. The summed E-state index contributed by atoms with van der Waals surface area (Å²) >= 11 is 0. The molecule has 1 aliphatic rings. The fourth-order valence-electron chi connectivity index (χ4n) is 2.48. The number of primary amides is 1. The zero-order chi connectivity index (χ0) is 14.5. The molecule has 20 heavy (non-hydrogen) atoms. The summed E-state index contributed by atoms with van der Waals surface area (Å²) in [5.74, 6) is -0.0118. The van der Waals surface area contributed by atoms with Crippen molar-refractivity contribution in [2.75, 3.05) is 30.7 Å². The van der Waals surface area contributed by atoms with Gasteiger partial charge in [-0.15, -0.1) is 0 Å². The largest absolute Gasteiger partial charge is 0.396 e. The fourth-order valence-corrected chi connectivity index (χ4v) is 2.48. The summed E-state index contributed by atoms with van der Waals surface area (Å²) in [6.07, 6.45) is 3.86. The Balaban J connectivity index is 1.95. The first-order chi connectivity index (χ1) is 9.58. The van der Waals surface area contributed by atoms with Crippen LogP contribution >= 0.6 is 0 Å². The minimum absolute atomic E-state index is 0.229. The predicted molar refractivity (Wildman–Crippen MR) is 80.5 cm³/mol. The molecule has 5 N–H and O–H groups in total. The molecule has 1 aliphatic heterocycles. The molecule has 1 amide bonds. The van der Waals surface area contributed by atoms with Gasteiger partial charge in [0.15, 0.2) is 0 Å². The third-order valence-corrected chi connectivity index (χ3v) is 3.76. The van der Waals surface area contributed by atoms with E-state index in [2.05, 4.69) is 22.1 Å². The van der Waals surface area contributed by atoms with Crippen LogP contribution in [0.15, 0.2) is 12.1 Å². The third kappa shape index (κ3) is 3.60. The summed E-state index contributed by atoms with van der Waals surface area (Å²) in [6.45, 7) is 5.23. The zero-order valence-corrected chi connectivity index (χ0v) is 11.9. The number of rotatable bonds is 5. The highest BCUT2D eigenvalue weighted by Crippen LogP contribution is 2.17. The van der Waals surface area contributed by atoms with E-state index in [1.807, 2.05) is 0 Å².